The van der Waals surface area contributed by atoms with Crippen molar-refractivity contribution in [2.45, 2.75) is 12.5 Å². The molecule has 0 spiro atoms. The third kappa shape index (κ3) is 1.93. The van der Waals surface area contributed by atoms with Gasteiger partial charge in [-0.05, 0) is 16.3 Å². The summed E-state index contributed by atoms with van der Waals surface area (Å²) >= 11 is 0. The standard InChI is InChI=1S/C14H11NO3/c16-13-12(15-14(17)18-13)8-9-5-6-10-3-1-2-4-11(10)7-9/h1-7,12H,8H2,(H,15,17)/t12-/m1/s1. The van der Waals surface area contributed by atoms with E-state index in [1.54, 1.807) is 0 Å². The molecular formula is C14H11NO3. The van der Waals surface area contributed by atoms with Crippen LogP contribution in [0.15, 0.2) is 42.5 Å². The number of fused-ring (bicyclic) bond motifs is 1. The van der Waals surface area contributed by atoms with Gasteiger partial charge in [0, 0.05) is 6.42 Å². The molecule has 1 aliphatic heterocycles. The maximum absolute atomic E-state index is 11.3. The zero-order valence-electron chi connectivity index (χ0n) is 9.55. The number of hydrogen-bond acceptors (Lipinski definition) is 3. The Balaban J connectivity index is 1.87. The van der Waals surface area contributed by atoms with Gasteiger partial charge < -0.3 is 10.1 Å². The molecule has 4 heteroatoms. The van der Waals surface area contributed by atoms with Crippen LogP contribution in [0, 0.1) is 0 Å². The molecule has 0 bridgehead atoms. The highest BCUT2D eigenvalue weighted by Gasteiger charge is 2.32. The van der Waals surface area contributed by atoms with Crippen LogP contribution in [0.5, 0.6) is 0 Å². The van der Waals surface area contributed by atoms with Crippen LogP contribution >= 0.6 is 0 Å². The third-order valence-electron chi connectivity index (χ3n) is 3.02. The minimum absolute atomic E-state index is 0.454. The molecule has 0 saturated carbocycles. The molecule has 0 radical (unpaired) electrons. The monoisotopic (exact) mass is 241 g/mol. The van der Waals surface area contributed by atoms with Gasteiger partial charge in [-0.2, -0.15) is 0 Å². The van der Waals surface area contributed by atoms with E-state index in [-0.39, 0.29) is 0 Å². The van der Waals surface area contributed by atoms with Gasteiger partial charge in [0.05, 0.1) is 0 Å². The number of benzene rings is 2. The molecule has 0 aromatic heterocycles. The molecule has 1 N–H and O–H groups in total. The van der Waals surface area contributed by atoms with Crippen LogP contribution in [0.25, 0.3) is 10.8 Å². The smallest absolute Gasteiger partial charge is 0.375 e. The van der Waals surface area contributed by atoms with E-state index >= 15 is 0 Å². The van der Waals surface area contributed by atoms with Crippen molar-refractivity contribution >= 4 is 22.8 Å². The normalized spacial score (nSPS) is 18.8. The maximum atomic E-state index is 11.3. The van der Waals surface area contributed by atoms with Crippen molar-refractivity contribution in [2.24, 2.45) is 0 Å². The van der Waals surface area contributed by atoms with Gasteiger partial charge in [-0.1, -0.05) is 42.5 Å². The molecule has 0 aliphatic carbocycles. The molecule has 2 aromatic carbocycles. The van der Waals surface area contributed by atoms with Gasteiger partial charge in [0.15, 0.2) is 0 Å². The summed E-state index contributed by atoms with van der Waals surface area (Å²) in [6, 6.07) is 13.4. The zero-order valence-corrected chi connectivity index (χ0v) is 9.55. The van der Waals surface area contributed by atoms with Crippen molar-refractivity contribution in [3.8, 4) is 0 Å². The van der Waals surface area contributed by atoms with Gasteiger partial charge in [-0.25, -0.2) is 9.59 Å². The second kappa shape index (κ2) is 4.14. The highest BCUT2D eigenvalue weighted by atomic mass is 16.6. The van der Waals surface area contributed by atoms with Crippen molar-refractivity contribution in [1.29, 1.82) is 0 Å². The lowest BCUT2D eigenvalue weighted by atomic mass is 10.0. The average Bonchev–Trinajstić information content (AvgIpc) is 2.68. The van der Waals surface area contributed by atoms with Crippen molar-refractivity contribution in [1.82, 2.24) is 5.32 Å². The SMILES string of the molecule is O=C1N[C@H](Cc2ccc3ccccc3c2)C(=O)O1. The van der Waals surface area contributed by atoms with Gasteiger partial charge in [-0.15, -0.1) is 0 Å². The predicted molar refractivity (Wildman–Crippen MR) is 66.1 cm³/mol. The number of rotatable bonds is 2. The number of hydrogen-bond donors (Lipinski definition) is 1. The van der Waals surface area contributed by atoms with E-state index in [0.29, 0.717) is 6.42 Å². The first-order valence-corrected chi connectivity index (χ1v) is 5.72. The molecule has 1 saturated heterocycles. The van der Waals surface area contributed by atoms with Gasteiger partial charge in [0.1, 0.15) is 6.04 Å². The Kier molecular flexibility index (Phi) is 2.48. The highest BCUT2D eigenvalue weighted by molar-refractivity contribution is 5.95. The number of carbonyl (C=O) groups excluding carboxylic acids is 2. The quantitative estimate of drug-likeness (QED) is 0.646. The molecule has 90 valence electrons. The molecule has 3 rings (SSSR count). The van der Waals surface area contributed by atoms with E-state index in [9.17, 15) is 9.59 Å². The van der Waals surface area contributed by atoms with E-state index in [0.717, 1.165) is 16.3 Å². The Morgan fingerprint density at radius 3 is 2.56 bits per heavy atom. The number of amides is 1. The molecule has 1 amide bonds. The molecule has 1 heterocycles. The Morgan fingerprint density at radius 2 is 1.83 bits per heavy atom. The lowest BCUT2D eigenvalue weighted by Gasteiger charge is -2.07. The minimum atomic E-state index is -0.661. The zero-order chi connectivity index (χ0) is 12.5. The number of esters is 1. The Labute approximate surface area is 104 Å². The number of carbonyl (C=O) groups is 2. The molecule has 2 aromatic rings. The molecular weight excluding hydrogens is 230 g/mol. The summed E-state index contributed by atoms with van der Waals surface area (Å²) in [6.45, 7) is 0. The van der Waals surface area contributed by atoms with E-state index in [2.05, 4.69) is 10.1 Å². The van der Waals surface area contributed by atoms with Gasteiger partial charge in [0.2, 0.25) is 0 Å². The summed E-state index contributed by atoms with van der Waals surface area (Å²) in [5.74, 6) is -0.506. The van der Waals surface area contributed by atoms with Crippen molar-refractivity contribution in [3.63, 3.8) is 0 Å². The van der Waals surface area contributed by atoms with Crippen LogP contribution < -0.4 is 5.32 Å². The molecule has 1 atom stereocenters. The molecule has 0 unspecified atom stereocenters. The van der Waals surface area contributed by atoms with E-state index in [4.69, 9.17) is 0 Å². The van der Waals surface area contributed by atoms with Crippen molar-refractivity contribution < 1.29 is 14.3 Å². The van der Waals surface area contributed by atoms with Crippen LogP contribution in [0.2, 0.25) is 0 Å². The van der Waals surface area contributed by atoms with Crippen molar-refractivity contribution in [3.05, 3.63) is 48.0 Å². The van der Waals surface area contributed by atoms with Crippen LogP contribution in [-0.2, 0) is 16.0 Å². The Morgan fingerprint density at radius 1 is 1.06 bits per heavy atom. The maximum Gasteiger partial charge on any atom is 0.415 e. The summed E-state index contributed by atoms with van der Waals surface area (Å²) in [6.07, 6.45) is -0.208. The third-order valence-corrected chi connectivity index (χ3v) is 3.02. The van der Waals surface area contributed by atoms with E-state index in [1.807, 2.05) is 42.5 Å². The second-order valence-corrected chi connectivity index (χ2v) is 4.29. The average molecular weight is 241 g/mol. The fraction of sp³-hybridized carbons (Fsp3) is 0.143. The van der Waals surface area contributed by atoms with Crippen molar-refractivity contribution in [2.75, 3.05) is 0 Å². The number of nitrogens with one attached hydrogen (secondary N) is 1. The largest absolute Gasteiger partial charge is 0.415 e. The first-order valence-electron chi connectivity index (χ1n) is 5.72. The predicted octanol–water partition coefficient (Wildman–Crippen LogP) is 2.02. The summed E-state index contributed by atoms with van der Waals surface area (Å²) < 4.78 is 4.44. The van der Waals surface area contributed by atoms with Crippen LogP contribution in [0.4, 0.5) is 4.79 Å². The first kappa shape index (κ1) is 10.8. The van der Waals surface area contributed by atoms with Crippen LogP contribution in [0.1, 0.15) is 5.56 Å². The number of alkyl carbamates (subject to hydrolysis) is 1. The molecule has 1 aliphatic rings. The Bertz CT molecular complexity index is 636. The van der Waals surface area contributed by atoms with Crippen LogP contribution in [-0.4, -0.2) is 18.1 Å². The van der Waals surface area contributed by atoms with Crippen LogP contribution in [0.3, 0.4) is 0 Å². The topological polar surface area (TPSA) is 55.4 Å². The molecule has 1 fully saturated rings. The van der Waals surface area contributed by atoms with Gasteiger partial charge in [0.25, 0.3) is 0 Å². The molecule has 4 nitrogen and oxygen atoms in total. The number of ether oxygens (including phenoxy) is 1. The van der Waals surface area contributed by atoms with E-state index < -0.39 is 18.1 Å². The fourth-order valence-corrected chi connectivity index (χ4v) is 2.13. The first-order chi connectivity index (χ1) is 8.72. The fourth-order valence-electron chi connectivity index (χ4n) is 2.13. The second-order valence-electron chi connectivity index (χ2n) is 4.29. The lowest BCUT2D eigenvalue weighted by Crippen LogP contribution is -2.30. The summed E-state index contributed by atoms with van der Waals surface area (Å²) in [5.41, 5.74) is 0.998. The number of cyclic esters (lactones) is 2. The summed E-state index contributed by atoms with van der Waals surface area (Å²) in [7, 11) is 0. The minimum Gasteiger partial charge on any atom is -0.375 e. The van der Waals surface area contributed by atoms with E-state index in [1.165, 1.54) is 0 Å². The summed E-state index contributed by atoms with van der Waals surface area (Å²) in [5, 5.41) is 4.76. The Hall–Kier alpha value is -2.36. The summed E-state index contributed by atoms with van der Waals surface area (Å²) in [4.78, 5) is 22.3. The van der Waals surface area contributed by atoms with Gasteiger partial charge in [-0.3, -0.25) is 0 Å². The molecule has 18 heavy (non-hydrogen) atoms. The van der Waals surface area contributed by atoms with Gasteiger partial charge >= 0.3 is 12.1 Å². The highest BCUT2D eigenvalue weighted by Crippen LogP contribution is 2.17. The lowest BCUT2D eigenvalue weighted by molar-refractivity contribution is -0.135.